The second kappa shape index (κ2) is 6.85. The van der Waals surface area contributed by atoms with Crippen LogP contribution in [0.5, 0.6) is 0 Å². The molecule has 3 nitrogen and oxygen atoms in total. The van der Waals surface area contributed by atoms with Crippen LogP contribution in [-0.4, -0.2) is 22.3 Å². The van der Waals surface area contributed by atoms with Gasteiger partial charge in [-0.15, -0.1) is 0 Å². The molecular formula is C9H16O3. The first-order chi connectivity index (χ1) is 5.66. The first-order valence-electron chi connectivity index (χ1n) is 4.21. The third-order valence-corrected chi connectivity index (χ3v) is 1.48. The second-order valence-electron chi connectivity index (χ2n) is 2.71. The van der Waals surface area contributed by atoms with Gasteiger partial charge >= 0.3 is 5.97 Å². The topological polar surface area (TPSA) is 57.5 Å². The van der Waals surface area contributed by atoms with E-state index in [1.807, 2.05) is 19.1 Å². The van der Waals surface area contributed by atoms with Gasteiger partial charge in [-0.2, -0.15) is 0 Å². The molecule has 2 N–H and O–H groups in total. The fourth-order valence-electron chi connectivity index (χ4n) is 0.877. The number of hydrogen-bond donors (Lipinski definition) is 2. The maximum atomic E-state index is 10.1. The van der Waals surface area contributed by atoms with Crippen molar-refractivity contribution >= 4 is 5.97 Å². The van der Waals surface area contributed by atoms with Gasteiger partial charge in [0.2, 0.25) is 0 Å². The van der Waals surface area contributed by atoms with Crippen molar-refractivity contribution < 1.29 is 15.0 Å². The number of carboxylic acid groups (broad SMARTS) is 1. The van der Waals surface area contributed by atoms with Crippen molar-refractivity contribution in [3.63, 3.8) is 0 Å². The minimum Gasteiger partial charge on any atom is -0.481 e. The van der Waals surface area contributed by atoms with Crippen molar-refractivity contribution in [3.8, 4) is 0 Å². The van der Waals surface area contributed by atoms with Crippen LogP contribution in [0.15, 0.2) is 12.2 Å². The Morgan fingerprint density at radius 3 is 2.67 bits per heavy atom. The molecule has 0 aliphatic rings. The summed E-state index contributed by atoms with van der Waals surface area (Å²) < 4.78 is 0. The molecule has 1 atom stereocenters. The van der Waals surface area contributed by atoms with E-state index in [0.29, 0.717) is 6.42 Å². The lowest BCUT2D eigenvalue weighted by atomic mass is 10.1. The highest BCUT2D eigenvalue weighted by Crippen LogP contribution is 2.02. The van der Waals surface area contributed by atoms with Crippen LogP contribution in [0, 0.1) is 0 Å². The Balaban J connectivity index is 3.37. The average molecular weight is 172 g/mol. The highest BCUT2D eigenvalue weighted by molar-refractivity contribution is 5.67. The molecule has 0 spiro atoms. The summed E-state index contributed by atoms with van der Waals surface area (Å²) in [6.07, 6.45) is 5.38. The zero-order valence-electron chi connectivity index (χ0n) is 7.36. The van der Waals surface area contributed by atoms with Crippen molar-refractivity contribution in [2.75, 3.05) is 0 Å². The van der Waals surface area contributed by atoms with Gasteiger partial charge in [0.1, 0.15) is 0 Å². The van der Waals surface area contributed by atoms with E-state index in [-0.39, 0.29) is 6.42 Å². The highest BCUT2D eigenvalue weighted by Gasteiger charge is 2.07. The monoisotopic (exact) mass is 172 g/mol. The minimum atomic E-state index is -0.943. The smallest absolute Gasteiger partial charge is 0.305 e. The zero-order valence-corrected chi connectivity index (χ0v) is 7.36. The minimum absolute atomic E-state index is 0.153. The third kappa shape index (κ3) is 7.28. The predicted octanol–water partition coefficient (Wildman–Crippen LogP) is 1.57. The number of aliphatic hydroxyl groups excluding tert-OH is 1. The zero-order chi connectivity index (χ0) is 9.40. The molecule has 0 bridgehead atoms. The largest absolute Gasteiger partial charge is 0.481 e. The summed E-state index contributed by atoms with van der Waals surface area (Å²) in [5, 5.41) is 17.4. The molecule has 0 amide bonds. The molecule has 0 aromatic carbocycles. The van der Waals surface area contributed by atoms with Crippen LogP contribution in [0.1, 0.15) is 32.6 Å². The first-order valence-corrected chi connectivity index (χ1v) is 4.21. The van der Waals surface area contributed by atoms with Crippen LogP contribution in [0.2, 0.25) is 0 Å². The molecule has 3 heteroatoms. The molecule has 0 rings (SSSR count). The lowest BCUT2D eigenvalue weighted by Gasteiger charge is -2.04. The van der Waals surface area contributed by atoms with E-state index in [2.05, 4.69) is 0 Å². The summed E-state index contributed by atoms with van der Waals surface area (Å²) >= 11 is 0. The molecule has 12 heavy (non-hydrogen) atoms. The van der Waals surface area contributed by atoms with Gasteiger partial charge in [0.05, 0.1) is 12.5 Å². The molecule has 0 aliphatic heterocycles. The Morgan fingerprint density at radius 1 is 1.50 bits per heavy atom. The first kappa shape index (κ1) is 11.2. The number of allylic oxidation sites excluding steroid dienone is 2. The molecule has 0 aliphatic carbocycles. The van der Waals surface area contributed by atoms with E-state index in [1.54, 1.807) is 0 Å². The summed E-state index contributed by atoms with van der Waals surface area (Å²) in [4.78, 5) is 10.1. The van der Waals surface area contributed by atoms with Crippen LogP contribution < -0.4 is 0 Å². The van der Waals surface area contributed by atoms with Crippen LogP contribution in [-0.2, 0) is 4.79 Å². The Morgan fingerprint density at radius 2 is 2.17 bits per heavy atom. The van der Waals surface area contributed by atoms with Gasteiger partial charge < -0.3 is 10.2 Å². The third-order valence-electron chi connectivity index (χ3n) is 1.48. The molecule has 1 unspecified atom stereocenters. The Hall–Kier alpha value is -0.830. The fraction of sp³-hybridized carbons (Fsp3) is 0.667. The van der Waals surface area contributed by atoms with Gasteiger partial charge in [0, 0.05) is 0 Å². The van der Waals surface area contributed by atoms with Crippen molar-refractivity contribution in [1.29, 1.82) is 0 Å². The molecule has 70 valence electrons. The molecule has 0 saturated carbocycles. The summed E-state index contributed by atoms with van der Waals surface area (Å²) in [5.74, 6) is -0.943. The number of aliphatic hydroxyl groups is 1. The maximum Gasteiger partial charge on any atom is 0.305 e. The van der Waals surface area contributed by atoms with Crippen molar-refractivity contribution in [1.82, 2.24) is 0 Å². The Kier molecular flexibility index (Phi) is 6.38. The van der Waals surface area contributed by atoms with E-state index in [4.69, 9.17) is 10.2 Å². The predicted molar refractivity (Wildman–Crippen MR) is 46.9 cm³/mol. The van der Waals surface area contributed by atoms with Gasteiger partial charge in [-0.3, -0.25) is 4.79 Å². The van der Waals surface area contributed by atoms with Crippen LogP contribution >= 0.6 is 0 Å². The second-order valence-corrected chi connectivity index (χ2v) is 2.71. The van der Waals surface area contributed by atoms with Crippen molar-refractivity contribution in [3.05, 3.63) is 12.2 Å². The van der Waals surface area contributed by atoms with E-state index in [9.17, 15) is 4.79 Å². The van der Waals surface area contributed by atoms with E-state index < -0.39 is 12.1 Å². The van der Waals surface area contributed by atoms with Crippen LogP contribution in [0.4, 0.5) is 0 Å². The van der Waals surface area contributed by atoms with Gasteiger partial charge in [-0.05, 0) is 19.3 Å². The Labute approximate surface area is 72.7 Å². The molecule has 0 radical (unpaired) electrons. The molecule has 0 aromatic rings. The number of hydrogen-bond acceptors (Lipinski definition) is 2. The summed E-state index contributed by atoms with van der Waals surface area (Å²) in [7, 11) is 0. The molecular weight excluding hydrogens is 156 g/mol. The summed E-state index contributed by atoms with van der Waals surface area (Å²) in [6, 6.07) is 0. The molecule has 0 fully saturated rings. The molecule has 0 heterocycles. The number of carbonyl (C=O) groups is 1. The molecule has 0 aromatic heterocycles. The van der Waals surface area contributed by atoms with Crippen molar-refractivity contribution in [2.45, 2.75) is 38.7 Å². The maximum absolute atomic E-state index is 10.1. The van der Waals surface area contributed by atoms with Crippen LogP contribution in [0.25, 0.3) is 0 Å². The van der Waals surface area contributed by atoms with Crippen molar-refractivity contribution in [2.24, 2.45) is 0 Å². The summed E-state index contributed by atoms with van der Waals surface area (Å²) in [5.41, 5.74) is 0. The Bertz CT molecular complexity index is 152. The van der Waals surface area contributed by atoms with Crippen LogP contribution in [0.3, 0.4) is 0 Å². The lowest BCUT2D eigenvalue weighted by Crippen LogP contribution is -2.12. The van der Waals surface area contributed by atoms with E-state index in [1.165, 1.54) is 0 Å². The van der Waals surface area contributed by atoms with Gasteiger partial charge in [0.25, 0.3) is 0 Å². The fourth-order valence-corrected chi connectivity index (χ4v) is 0.877. The average Bonchev–Trinajstić information content (AvgIpc) is 1.97. The number of carboxylic acids is 1. The molecule has 0 saturated heterocycles. The quantitative estimate of drug-likeness (QED) is 0.598. The lowest BCUT2D eigenvalue weighted by molar-refractivity contribution is -0.139. The van der Waals surface area contributed by atoms with E-state index in [0.717, 1.165) is 12.8 Å². The van der Waals surface area contributed by atoms with Gasteiger partial charge in [-0.25, -0.2) is 0 Å². The van der Waals surface area contributed by atoms with Gasteiger partial charge in [0.15, 0.2) is 0 Å². The van der Waals surface area contributed by atoms with E-state index >= 15 is 0 Å². The number of rotatable bonds is 6. The highest BCUT2D eigenvalue weighted by atomic mass is 16.4. The summed E-state index contributed by atoms with van der Waals surface area (Å²) in [6.45, 7) is 2.03. The number of aliphatic carboxylic acids is 1. The standard InChI is InChI=1S/C9H16O3/c1-2-3-4-5-6-8(10)7-9(11)12/h3-4,8,10H,2,5-7H2,1H3,(H,11,12)/b4-3-. The normalized spacial score (nSPS) is 13.5. The van der Waals surface area contributed by atoms with Gasteiger partial charge in [-0.1, -0.05) is 19.1 Å². The SMILES string of the molecule is CC/C=C\CCC(O)CC(=O)O.